The topological polar surface area (TPSA) is 36.9 Å². The second-order valence-corrected chi connectivity index (χ2v) is 6.02. The maximum Gasteiger partial charge on any atom is 0.701 e. The fourth-order valence-electron chi connectivity index (χ4n) is 2.60. The highest BCUT2D eigenvalue weighted by Gasteiger charge is 2.34. The fourth-order valence-corrected chi connectivity index (χ4v) is 2.60. The van der Waals surface area contributed by atoms with Gasteiger partial charge in [0.15, 0.2) is 0 Å². The minimum absolute atomic E-state index is 0.591. The molecule has 124 valence electrons. The lowest BCUT2D eigenvalue weighted by atomic mass is 10.0. The molecule has 0 saturated carbocycles. The highest BCUT2D eigenvalue weighted by molar-refractivity contribution is 6.36. The third kappa shape index (κ3) is 12.2. The van der Waals surface area contributed by atoms with Gasteiger partial charge in [-0.05, 0) is 6.42 Å². The molecule has 0 bridgehead atoms. The van der Waals surface area contributed by atoms with Gasteiger partial charge in [-0.25, -0.2) is 9.61 Å². The zero-order chi connectivity index (χ0) is 15.0. The maximum absolute atomic E-state index is 5.22. The summed E-state index contributed by atoms with van der Waals surface area (Å²) in [6.07, 6.45) is 19.1. The van der Waals surface area contributed by atoms with E-state index in [0.29, 0.717) is 6.61 Å². The largest absolute Gasteiger partial charge is 0.701 e. The van der Waals surface area contributed by atoms with Crippen molar-refractivity contribution in [2.24, 2.45) is 0 Å². The molecule has 0 atom stereocenters. The van der Waals surface area contributed by atoms with Gasteiger partial charge < -0.3 is 4.65 Å². The minimum Gasteiger partial charge on any atom is -0.383 e. The summed E-state index contributed by atoms with van der Waals surface area (Å²) < 4.78 is 5.22. The van der Waals surface area contributed by atoms with E-state index < -0.39 is 7.32 Å². The molecule has 1 saturated heterocycles. The molecule has 1 fully saturated rings. The number of rotatable bonds is 16. The van der Waals surface area contributed by atoms with Crippen LogP contribution in [0.2, 0.25) is 0 Å². The Morgan fingerprint density at radius 2 is 1.05 bits per heavy atom. The first-order valence-corrected chi connectivity index (χ1v) is 9.04. The quantitative estimate of drug-likeness (QED) is 0.218. The van der Waals surface area contributed by atoms with Crippen molar-refractivity contribution >= 4 is 7.32 Å². The molecular weight excluding hydrogens is 267 g/mol. The van der Waals surface area contributed by atoms with Crippen molar-refractivity contribution in [3.05, 3.63) is 0 Å². The van der Waals surface area contributed by atoms with E-state index in [1.165, 1.54) is 83.5 Å². The summed E-state index contributed by atoms with van der Waals surface area (Å²) in [4.78, 5) is 9.01. The van der Waals surface area contributed by atoms with E-state index in [4.69, 9.17) is 4.65 Å². The molecular formula is C16H33BO4. The first-order chi connectivity index (χ1) is 10.4. The third-order valence-electron chi connectivity index (χ3n) is 3.99. The molecule has 21 heavy (non-hydrogen) atoms. The molecule has 0 amide bonds. The summed E-state index contributed by atoms with van der Waals surface area (Å²) >= 11 is 0. The van der Waals surface area contributed by atoms with Gasteiger partial charge in [-0.1, -0.05) is 95.4 Å². The second kappa shape index (κ2) is 14.8. The zero-order valence-corrected chi connectivity index (χ0v) is 13.8. The molecule has 0 aromatic carbocycles. The summed E-state index contributed by atoms with van der Waals surface area (Å²) in [5, 5.41) is 4.08. The smallest absolute Gasteiger partial charge is 0.383 e. The summed E-state index contributed by atoms with van der Waals surface area (Å²) in [6.45, 7) is 2.96. The van der Waals surface area contributed by atoms with Gasteiger partial charge in [-0.15, -0.1) is 0 Å². The van der Waals surface area contributed by atoms with Crippen LogP contribution >= 0.6 is 0 Å². The molecule has 1 rings (SSSR count). The van der Waals surface area contributed by atoms with Crippen molar-refractivity contribution in [2.45, 2.75) is 96.8 Å². The second-order valence-electron chi connectivity index (χ2n) is 6.02. The Hall–Kier alpha value is -0.0951. The van der Waals surface area contributed by atoms with Gasteiger partial charge in [0.1, 0.15) is 0 Å². The van der Waals surface area contributed by atoms with Crippen LogP contribution in [0.3, 0.4) is 0 Å². The lowest BCUT2D eigenvalue weighted by molar-refractivity contribution is -0.522. The third-order valence-corrected chi connectivity index (χ3v) is 3.99. The number of hydrogen-bond donors (Lipinski definition) is 0. The van der Waals surface area contributed by atoms with Crippen molar-refractivity contribution in [3.8, 4) is 0 Å². The number of unbranched alkanes of at least 4 members (excludes halogenated alkanes) is 13. The van der Waals surface area contributed by atoms with Gasteiger partial charge in [0.05, 0.1) is 0 Å². The van der Waals surface area contributed by atoms with Crippen molar-refractivity contribution in [1.82, 2.24) is 0 Å². The zero-order valence-electron chi connectivity index (χ0n) is 13.8. The SMILES string of the molecule is CCCCCCCCCCCCCCCCOB1OOO1. The normalized spacial score (nSPS) is 14.4. The molecule has 0 radical (unpaired) electrons. The molecule has 0 aromatic rings. The molecule has 1 aliphatic rings. The molecule has 4 nitrogen and oxygen atoms in total. The lowest BCUT2D eigenvalue weighted by Crippen LogP contribution is -2.37. The van der Waals surface area contributed by atoms with E-state index in [2.05, 4.69) is 21.6 Å². The van der Waals surface area contributed by atoms with Crippen LogP contribution in [0.5, 0.6) is 0 Å². The molecule has 1 heterocycles. The maximum atomic E-state index is 5.22. The fraction of sp³-hybridized carbons (Fsp3) is 1.00. The predicted octanol–water partition coefficient (Wildman–Crippen LogP) is 5.36. The number of hydrogen-bond acceptors (Lipinski definition) is 4. The lowest BCUT2D eigenvalue weighted by Gasteiger charge is -2.17. The van der Waals surface area contributed by atoms with Gasteiger partial charge in [-0.3, -0.25) is 0 Å². The Morgan fingerprint density at radius 3 is 1.43 bits per heavy atom. The monoisotopic (exact) mass is 300 g/mol. The standard InChI is InChI=1S/C16H33BO4/c1-2-3-4-5-6-7-8-9-10-11-12-13-14-15-16-18-17-19-21-20-17/h2-16H2,1H3. The first kappa shape index (κ1) is 19.0. The van der Waals surface area contributed by atoms with Gasteiger partial charge in [-0.2, -0.15) is 0 Å². The van der Waals surface area contributed by atoms with Gasteiger partial charge in [0.25, 0.3) is 0 Å². The van der Waals surface area contributed by atoms with Crippen LogP contribution in [0.1, 0.15) is 96.8 Å². The Balaban J connectivity index is 1.61. The van der Waals surface area contributed by atoms with E-state index in [9.17, 15) is 0 Å². The van der Waals surface area contributed by atoms with Crippen molar-refractivity contribution in [1.29, 1.82) is 0 Å². The Labute approximate surface area is 130 Å². The molecule has 5 heteroatoms. The Kier molecular flexibility index (Phi) is 13.4. The highest BCUT2D eigenvalue weighted by atomic mass is 17.6. The van der Waals surface area contributed by atoms with Crippen molar-refractivity contribution in [3.63, 3.8) is 0 Å². The van der Waals surface area contributed by atoms with E-state index >= 15 is 0 Å². The van der Waals surface area contributed by atoms with Crippen LogP contribution in [0.4, 0.5) is 0 Å². The molecule has 0 aromatic heterocycles. The van der Waals surface area contributed by atoms with Crippen LogP contribution in [0, 0.1) is 0 Å². The Morgan fingerprint density at radius 1 is 0.619 bits per heavy atom. The van der Waals surface area contributed by atoms with Crippen molar-refractivity contribution in [2.75, 3.05) is 6.61 Å². The predicted molar refractivity (Wildman–Crippen MR) is 85.3 cm³/mol. The molecule has 0 N–H and O–H groups in total. The average molecular weight is 300 g/mol. The summed E-state index contributed by atoms with van der Waals surface area (Å²) in [6, 6.07) is 0. The van der Waals surface area contributed by atoms with Crippen LogP contribution in [-0.2, 0) is 19.3 Å². The van der Waals surface area contributed by atoms with Crippen LogP contribution in [0.25, 0.3) is 0 Å². The first-order valence-electron chi connectivity index (χ1n) is 9.04. The van der Waals surface area contributed by atoms with Crippen LogP contribution in [-0.4, -0.2) is 13.9 Å². The van der Waals surface area contributed by atoms with E-state index in [0.717, 1.165) is 6.42 Å². The highest BCUT2D eigenvalue weighted by Crippen LogP contribution is 2.13. The van der Waals surface area contributed by atoms with E-state index in [-0.39, 0.29) is 0 Å². The molecule has 0 spiro atoms. The minimum atomic E-state index is -0.591. The summed E-state index contributed by atoms with van der Waals surface area (Å²) in [5.41, 5.74) is 0. The molecule has 0 aliphatic carbocycles. The molecule has 0 unspecified atom stereocenters. The summed E-state index contributed by atoms with van der Waals surface area (Å²) in [5.74, 6) is 0. The molecule has 1 aliphatic heterocycles. The average Bonchev–Trinajstić information content (AvgIpc) is 2.45. The summed E-state index contributed by atoms with van der Waals surface area (Å²) in [7, 11) is -0.591. The van der Waals surface area contributed by atoms with Crippen LogP contribution < -0.4 is 0 Å². The van der Waals surface area contributed by atoms with Gasteiger partial charge in [0, 0.05) is 6.61 Å². The van der Waals surface area contributed by atoms with E-state index in [1.54, 1.807) is 0 Å². The van der Waals surface area contributed by atoms with Gasteiger partial charge >= 0.3 is 7.32 Å². The van der Waals surface area contributed by atoms with Crippen LogP contribution in [0.15, 0.2) is 0 Å². The Bertz CT molecular complexity index is 212. The van der Waals surface area contributed by atoms with Gasteiger partial charge in [0.2, 0.25) is 0 Å². The van der Waals surface area contributed by atoms with Crippen molar-refractivity contribution < 1.29 is 19.3 Å². The van der Waals surface area contributed by atoms with E-state index in [1.807, 2.05) is 0 Å².